The molecule has 1 heterocycles. The van der Waals surface area contributed by atoms with Gasteiger partial charge in [-0.2, -0.15) is 0 Å². The molecule has 1 saturated carbocycles. The van der Waals surface area contributed by atoms with Crippen LogP contribution >= 0.6 is 23.2 Å². The molecule has 4 rings (SSSR count). The minimum atomic E-state index is -1.07. The molecule has 1 saturated heterocycles. The zero-order chi connectivity index (χ0) is 20.5. The van der Waals surface area contributed by atoms with Gasteiger partial charge in [0.2, 0.25) is 0 Å². The molecule has 152 valence electrons. The first-order chi connectivity index (χ1) is 13.9. The molecule has 29 heavy (non-hydrogen) atoms. The van der Waals surface area contributed by atoms with Crippen LogP contribution in [0.4, 0.5) is 0 Å². The number of aliphatic carboxylic acids is 1. The van der Waals surface area contributed by atoms with E-state index in [1.807, 2.05) is 24.3 Å². The van der Waals surface area contributed by atoms with Crippen LogP contribution in [0, 0.1) is 5.92 Å². The van der Waals surface area contributed by atoms with Crippen molar-refractivity contribution in [2.24, 2.45) is 5.92 Å². The van der Waals surface area contributed by atoms with Crippen LogP contribution in [0.1, 0.15) is 42.5 Å². The number of amides is 1. The van der Waals surface area contributed by atoms with Crippen LogP contribution in [0.25, 0.3) is 0 Å². The van der Waals surface area contributed by atoms with Gasteiger partial charge in [0.25, 0.3) is 5.91 Å². The molecule has 1 N–H and O–H groups in total. The molecule has 2 unspecified atom stereocenters. The molecule has 2 fully saturated rings. The van der Waals surface area contributed by atoms with E-state index in [1.165, 1.54) is 0 Å². The lowest BCUT2D eigenvalue weighted by Gasteiger charge is -2.45. The molecule has 0 radical (unpaired) electrons. The van der Waals surface area contributed by atoms with E-state index in [0.717, 1.165) is 24.0 Å². The average molecular weight is 434 g/mol. The van der Waals surface area contributed by atoms with Crippen LogP contribution in [0.15, 0.2) is 48.5 Å². The molecule has 0 spiro atoms. The van der Waals surface area contributed by atoms with Crippen LogP contribution in [0.3, 0.4) is 0 Å². The largest absolute Gasteiger partial charge is 0.481 e. The second kappa shape index (κ2) is 8.34. The third-order valence-electron chi connectivity index (χ3n) is 5.39. The summed E-state index contributed by atoms with van der Waals surface area (Å²) in [5.41, 5.74) is 1.70. The number of ether oxygens (including phenoxy) is 1. The van der Waals surface area contributed by atoms with Crippen molar-refractivity contribution >= 4 is 35.1 Å². The SMILES string of the molecule is O=C(O)CC1O[C@@H](c2cccc(Cl)c2)C(c2ccc(Cl)cc2)N(CC2CC2)C1=O. The zero-order valence-corrected chi connectivity index (χ0v) is 17.1. The van der Waals surface area contributed by atoms with E-state index < -0.39 is 18.2 Å². The predicted octanol–water partition coefficient (Wildman–Crippen LogP) is 4.89. The Morgan fingerprint density at radius 2 is 1.79 bits per heavy atom. The van der Waals surface area contributed by atoms with E-state index >= 15 is 0 Å². The molecule has 1 aliphatic carbocycles. The van der Waals surface area contributed by atoms with Gasteiger partial charge in [-0.3, -0.25) is 9.59 Å². The summed E-state index contributed by atoms with van der Waals surface area (Å²) in [4.78, 5) is 26.4. The Bertz CT molecular complexity index is 913. The number of morpholine rings is 1. The minimum Gasteiger partial charge on any atom is -0.481 e. The summed E-state index contributed by atoms with van der Waals surface area (Å²) in [6.07, 6.45) is 0.214. The van der Waals surface area contributed by atoms with Crippen LogP contribution < -0.4 is 0 Å². The highest BCUT2D eigenvalue weighted by Crippen LogP contribution is 2.45. The van der Waals surface area contributed by atoms with Crippen molar-refractivity contribution in [1.29, 1.82) is 0 Å². The molecule has 3 atom stereocenters. The lowest BCUT2D eigenvalue weighted by Crippen LogP contribution is -2.52. The number of benzene rings is 2. The van der Waals surface area contributed by atoms with Crippen molar-refractivity contribution in [2.45, 2.75) is 37.5 Å². The number of carboxylic acid groups (broad SMARTS) is 1. The Kier molecular flexibility index (Phi) is 5.81. The summed E-state index contributed by atoms with van der Waals surface area (Å²) in [6.45, 7) is 0.586. The van der Waals surface area contributed by atoms with Gasteiger partial charge in [-0.1, -0.05) is 47.5 Å². The van der Waals surface area contributed by atoms with Crippen molar-refractivity contribution in [3.8, 4) is 0 Å². The molecule has 1 amide bonds. The number of nitrogens with zero attached hydrogens (tertiary/aromatic N) is 1. The van der Waals surface area contributed by atoms with Crippen molar-refractivity contribution in [3.05, 3.63) is 69.7 Å². The molecular weight excluding hydrogens is 413 g/mol. The fourth-order valence-electron chi connectivity index (χ4n) is 3.83. The van der Waals surface area contributed by atoms with E-state index in [1.54, 1.807) is 29.2 Å². The van der Waals surface area contributed by atoms with Crippen molar-refractivity contribution in [3.63, 3.8) is 0 Å². The normalized spacial score (nSPS) is 24.6. The van der Waals surface area contributed by atoms with Gasteiger partial charge in [0.15, 0.2) is 0 Å². The number of hydrogen-bond donors (Lipinski definition) is 1. The van der Waals surface area contributed by atoms with E-state index in [2.05, 4.69) is 0 Å². The maximum Gasteiger partial charge on any atom is 0.306 e. The molecule has 2 aromatic carbocycles. The molecule has 1 aliphatic heterocycles. The third-order valence-corrected chi connectivity index (χ3v) is 5.88. The van der Waals surface area contributed by atoms with Crippen molar-refractivity contribution < 1.29 is 19.4 Å². The monoisotopic (exact) mass is 433 g/mol. The summed E-state index contributed by atoms with van der Waals surface area (Å²) in [5, 5.41) is 10.5. The van der Waals surface area contributed by atoms with Gasteiger partial charge in [-0.05, 0) is 54.2 Å². The van der Waals surface area contributed by atoms with Gasteiger partial charge in [0.1, 0.15) is 12.2 Å². The van der Waals surface area contributed by atoms with Gasteiger partial charge in [-0.15, -0.1) is 0 Å². The van der Waals surface area contributed by atoms with Gasteiger partial charge in [0.05, 0.1) is 12.5 Å². The summed E-state index contributed by atoms with van der Waals surface area (Å²) in [6, 6.07) is 14.3. The zero-order valence-electron chi connectivity index (χ0n) is 15.6. The minimum absolute atomic E-state index is 0.280. The second-order valence-electron chi connectivity index (χ2n) is 7.63. The Hall–Kier alpha value is -2.08. The van der Waals surface area contributed by atoms with Crippen molar-refractivity contribution in [1.82, 2.24) is 4.90 Å². The summed E-state index contributed by atoms with van der Waals surface area (Å²) in [7, 11) is 0. The van der Waals surface area contributed by atoms with Gasteiger partial charge in [0, 0.05) is 16.6 Å². The first-order valence-electron chi connectivity index (χ1n) is 9.61. The van der Waals surface area contributed by atoms with E-state index in [4.69, 9.17) is 27.9 Å². The van der Waals surface area contributed by atoms with Crippen LogP contribution in [0.5, 0.6) is 0 Å². The smallest absolute Gasteiger partial charge is 0.306 e. The molecule has 7 heteroatoms. The number of carboxylic acids is 1. The summed E-state index contributed by atoms with van der Waals surface area (Å²) >= 11 is 12.3. The number of carbonyl (C=O) groups is 2. The maximum atomic E-state index is 13.2. The predicted molar refractivity (Wildman–Crippen MR) is 110 cm³/mol. The molecule has 2 aromatic rings. The average Bonchev–Trinajstić information content (AvgIpc) is 3.49. The van der Waals surface area contributed by atoms with Gasteiger partial charge >= 0.3 is 5.97 Å². The van der Waals surface area contributed by atoms with E-state index in [-0.39, 0.29) is 18.4 Å². The summed E-state index contributed by atoms with van der Waals surface area (Å²) < 4.78 is 6.12. The number of hydrogen-bond acceptors (Lipinski definition) is 3. The first kappa shape index (κ1) is 20.2. The number of rotatable bonds is 6. The van der Waals surface area contributed by atoms with Crippen molar-refractivity contribution in [2.75, 3.05) is 6.54 Å². The fraction of sp³-hybridized carbons (Fsp3) is 0.364. The highest BCUT2D eigenvalue weighted by atomic mass is 35.5. The Balaban J connectivity index is 1.78. The third kappa shape index (κ3) is 4.58. The number of halogens is 2. The summed E-state index contributed by atoms with van der Waals surface area (Å²) in [5.74, 6) is -0.903. The lowest BCUT2D eigenvalue weighted by molar-refractivity contribution is -0.179. The van der Waals surface area contributed by atoms with Crippen LogP contribution in [0.2, 0.25) is 10.0 Å². The fourth-order valence-corrected chi connectivity index (χ4v) is 4.16. The van der Waals surface area contributed by atoms with E-state index in [9.17, 15) is 14.7 Å². The molecule has 0 bridgehead atoms. The lowest BCUT2D eigenvalue weighted by atomic mass is 9.91. The highest BCUT2D eigenvalue weighted by molar-refractivity contribution is 6.30. The molecule has 5 nitrogen and oxygen atoms in total. The topological polar surface area (TPSA) is 66.8 Å². The Morgan fingerprint density at radius 3 is 2.41 bits per heavy atom. The van der Waals surface area contributed by atoms with Crippen LogP contribution in [-0.2, 0) is 14.3 Å². The first-order valence-corrected chi connectivity index (χ1v) is 10.4. The Morgan fingerprint density at radius 1 is 1.07 bits per heavy atom. The van der Waals surface area contributed by atoms with Gasteiger partial charge < -0.3 is 14.7 Å². The quantitative estimate of drug-likeness (QED) is 0.703. The van der Waals surface area contributed by atoms with E-state index in [0.29, 0.717) is 22.5 Å². The second-order valence-corrected chi connectivity index (χ2v) is 8.50. The standard InChI is InChI=1S/C22H21Cl2NO4/c23-16-8-6-14(7-9-16)20-21(15-2-1-3-17(24)10-15)29-18(11-19(26)27)22(28)25(20)12-13-4-5-13/h1-3,6-10,13,18,20-21H,4-5,11-12H2,(H,26,27)/t18?,20?,21-/m0/s1. The maximum absolute atomic E-state index is 13.2. The molecule has 2 aliphatic rings. The molecular formula is C22H21Cl2NO4. The van der Waals surface area contributed by atoms with Gasteiger partial charge in [-0.25, -0.2) is 0 Å². The Labute approximate surface area is 179 Å². The number of carbonyl (C=O) groups excluding carboxylic acids is 1. The molecule has 0 aromatic heterocycles. The van der Waals surface area contributed by atoms with Crippen LogP contribution in [-0.4, -0.2) is 34.5 Å². The highest BCUT2D eigenvalue weighted by Gasteiger charge is 2.46.